The van der Waals surface area contributed by atoms with E-state index in [9.17, 15) is 25.1 Å². The first-order valence-electron chi connectivity index (χ1n) is 14.9. The summed E-state index contributed by atoms with van der Waals surface area (Å²) in [4.78, 5) is 43.8. The molecule has 3 N–H and O–H groups in total. The Morgan fingerprint density at radius 1 is 0.977 bits per heavy atom. The molecular weight excluding hydrogens is 542 g/mol. The topological polar surface area (TPSA) is 133 Å². The van der Waals surface area contributed by atoms with Crippen LogP contribution in [0.5, 0.6) is 0 Å². The zero-order valence-electron chi connectivity index (χ0n) is 25.7. The Morgan fingerprint density at radius 2 is 1.53 bits per heavy atom. The largest absolute Gasteiger partial charge is 0.376 e. The number of rotatable bonds is 8. The van der Waals surface area contributed by atoms with Gasteiger partial charge in [0, 0.05) is 52.4 Å². The molecule has 0 radical (unpaired) electrons. The number of likely N-dealkylation sites (N-methyl/N-ethyl adjacent to an activating group) is 1. The van der Waals surface area contributed by atoms with Gasteiger partial charge in [-0.05, 0) is 91.1 Å². The van der Waals surface area contributed by atoms with E-state index in [-0.39, 0.29) is 36.3 Å². The molecule has 1 heterocycles. The molecule has 43 heavy (non-hydrogen) atoms. The number of amides is 3. The number of piperidine rings is 1. The van der Waals surface area contributed by atoms with Crippen LogP contribution in [0.4, 0.5) is 0 Å². The van der Waals surface area contributed by atoms with Gasteiger partial charge in [-0.2, -0.15) is 5.26 Å². The third kappa shape index (κ3) is 5.38. The minimum absolute atomic E-state index is 0.0605. The number of nitrogens with one attached hydrogen (secondary N) is 3. The zero-order chi connectivity index (χ0) is 31.1. The average Bonchev–Trinajstić information content (AvgIpc) is 3.70. The Hall–Kier alpha value is -4.23. The number of carbonyl (C=O) groups is 3. The number of benzene rings is 2. The zero-order valence-corrected chi connectivity index (χ0v) is 25.7. The number of carbonyl (C=O) groups excluding carboxylic acids is 3. The highest BCUT2D eigenvalue weighted by Crippen LogP contribution is 2.47. The summed E-state index contributed by atoms with van der Waals surface area (Å²) in [6, 6.07) is 13.6. The second kappa shape index (κ2) is 11.8. The van der Waals surface area contributed by atoms with Crippen LogP contribution >= 0.6 is 0 Å². The van der Waals surface area contributed by atoms with Crippen LogP contribution in [-0.2, 0) is 23.1 Å². The first-order chi connectivity index (χ1) is 20.5. The van der Waals surface area contributed by atoms with Gasteiger partial charge in [0.2, 0.25) is 5.91 Å². The van der Waals surface area contributed by atoms with Crippen molar-refractivity contribution in [2.24, 2.45) is 5.92 Å². The van der Waals surface area contributed by atoms with Gasteiger partial charge in [0.15, 0.2) is 0 Å². The predicted octanol–water partition coefficient (Wildman–Crippen LogP) is 2.16. The van der Waals surface area contributed by atoms with Crippen molar-refractivity contribution >= 4 is 23.6 Å². The number of likely N-dealkylation sites (tertiary alicyclic amines) is 1. The fourth-order valence-corrected chi connectivity index (χ4v) is 7.00. The minimum Gasteiger partial charge on any atom is -0.376 e. The molecule has 10 nitrogen and oxygen atoms in total. The molecular formula is C33H41N7O3. The van der Waals surface area contributed by atoms with Crippen molar-refractivity contribution in [3.05, 3.63) is 69.8 Å². The highest BCUT2D eigenvalue weighted by molar-refractivity contribution is 5.98. The van der Waals surface area contributed by atoms with Gasteiger partial charge in [-0.15, -0.1) is 0 Å². The second-order valence-electron chi connectivity index (χ2n) is 12.3. The molecule has 1 unspecified atom stereocenters. The van der Waals surface area contributed by atoms with Gasteiger partial charge < -0.3 is 25.3 Å². The number of aryl methyl sites for hydroxylation is 2. The first kappa shape index (κ1) is 30.2. The summed E-state index contributed by atoms with van der Waals surface area (Å²) < 4.78 is 0. The van der Waals surface area contributed by atoms with E-state index in [1.165, 1.54) is 0 Å². The lowest BCUT2D eigenvalue weighted by molar-refractivity contribution is -0.131. The maximum Gasteiger partial charge on any atom is 0.253 e. The Kier molecular flexibility index (Phi) is 8.30. The van der Waals surface area contributed by atoms with Crippen LogP contribution in [0.1, 0.15) is 62.2 Å². The van der Waals surface area contributed by atoms with Crippen LogP contribution in [0.3, 0.4) is 0 Å². The van der Waals surface area contributed by atoms with E-state index in [4.69, 9.17) is 0 Å². The normalized spacial score (nSPS) is 20.9. The fraction of sp³-hybridized carbons (Fsp3) is 0.485. The van der Waals surface area contributed by atoms with Crippen molar-refractivity contribution in [3.8, 4) is 6.07 Å². The summed E-state index contributed by atoms with van der Waals surface area (Å²) in [5, 5.41) is 25.2. The van der Waals surface area contributed by atoms with Gasteiger partial charge in [0.05, 0.1) is 18.0 Å². The lowest BCUT2D eigenvalue weighted by Gasteiger charge is -2.37. The van der Waals surface area contributed by atoms with Crippen molar-refractivity contribution in [3.63, 3.8) is 0 Å². The SMILES string of the molecule is CNC(=N)C1(CCNCC(=O)N2C(C#N)C[C@@H]3C[C@@H]32)c2ccc(C(=O)N(C)C)cc2CCc2cc(C(=O)N(C)C)ccc21. The van der Waals surface area contributed by atoms with Crippen molar-refractivity contribution in [2.45, 2.75) is 49.6 Å². The van der Waals surface area contributed by atoms with E-state index >= 15 is 0 Å². The number of hydrogen-bond acceptors (Lipinski definition) is 6. The molecule has 0 spiro atoms. The standard InChI is InChI=1S/C33H41N7O3/c1-36-32(35)33(12-13-37-19-29(41)40-25(18-34)16-24-17-28(24)40)26-10-8-22(30(42)38(2)3)14-20(26)6-7-21-15-23(9-11-27(21)33)31(43)39(4)5/h8-11,14-15,24-25,28,37H,6-7,12-13,16-17,19H2,1-5H3,(H2,35,36)/t24-,25?,28+/m1/s1. The molecule has 3 aliphatic rings. The summed E-state index contributed by atoms with van der Waals surface area (Å²) in [6.45, 7) is 0.557. The summed E-state index contributed by atoms with van der Waals surface area (Å²) >= 11 is 0. The van der Waals surface area contributed by atoms with E-state index in [0.717, 1.165) is 35.1 Å². The molecule has 226 valence electrons. The van der Waals surface area contributed by atoms with Crippen molar-refractivity contribution in [1.29, 1.82) is 10.7 Å². The number of hydrogen-bond donors (Lipinski definition) is 3. The third-order valence-corrected chi connectivity index (χ3v) is 9.27. The molecule has 2 aliphatic carbocycles. The highest BCUT2D eigenvalue weighted by Gasteiger charge is 2.54. The summed E-state index contributed by atoms with van der Waals surface area (Å²) in [5.74, 6) is 0.519. The summed E-state index contributed by atoms with van der Waals surface area (Å²) in [5.41, 5.74) is 4.10. The van der Waals surface area contributed by atoms with E-state index in [1.54, 1.807) is 49.9 Å². The van der Waals surface area contributed by atoms with Gasteiger partial charge in [0.1, 0.15) is 11.9 Å². The van der Waals surface area contributed by atoms with Crippen LogP contribution in [0.2, 0.25) is 0 Å². The molecule has 0 bridgehead atoms. The van der Waals surface area contributed by atoms with Gasteiger partial charge >= 0.3 is 0 Å². The average molecular weight is 584 g/mol. The van der Waals surface area contributed by atoms with Crippen molar-refractivity contribution in [2.75, 3.05) is 48.3 Å². The second-order valence-corrected chi connectivity index (χ2v) is 12.3. The maximum absolute atomic E-state index is 13.1. The van der Waals surface area contributed by atoms with Crippen LogP contribution in [0.25, 0.3) is 0 Å². The van der Waals surface area contributed by atoms with Gasteiger partial charge in [-0.1, -0.05) is 12.1 Å². The predicted molar refractivity (Wildman–Crippen MR) is 164 cm³/mol. The Balaban J connectivity index is 1.51. The summed E-state index contributed by atoms with van der Waals surface area (Å²) in [7, 11) is 8.65. The van der Waals surface area contributed by atoms with Gasteiger partial charge in [0.25, 0.3) is 11.8 Å². The molecule has 1 saturated heterocycles. The lowest BCUT2D eigenvalue weighted by Crippen LogP contribution is -2.47. The smallest absolute Gasteiger partial charge is 0.253 e. The van der Waals surface area contributed by atoms with Crippen molar-refractivity contribution < 1.29 is 14.4 Å². The van der Waals surface area contributed by atoms with E-state index in [2.05, 4.69) is 16.7 Å². The number of amidine groups is 1. The monoisotopic (exact) mass is 583 g/mol. The molecule has 2 fully saturated rings. The van der Waals surface area contributed by atoms with E-state index < -0.39 is 5.41 Å². The van der Waals surface area contributed by atoms with Gasteiger partial charge in [-0.25, -0.2) is 0 Å². The highest BCUT2D eigenvalue weighted by atomic mass is 16.2. The van der Waals surface area contributed by atoms with Gasteiger partial charge in [-0.3, -0.25) is 19.8 Å². The summed E-state index contributed by atoms with van der Waals surface area (Å²) in [6.07, 6.45) is 3.51. The minimum atomic E-state index is -0.907. The maximum atomic E-state index is 13.1. The van der Waals surface area contributed by atoms with E-state index in [1.807, 2.05) is 36.4 Å². The molecule has 1 aliphatic heterocycles. The number of fused-ring (bicyclic) bond motifs is 3. The molecule has 0 aromatic heterocycles. The lowest BCUT2D eigenvalue weighted by atomic mass is 9.68. The quantitative estimate of drug-likeness (QED) is 0.248. The molecule has 3 atom stereocenters. The Bertz CT molecular complexity index is 1440. The molecule has 1 saturated carbocycles. The molecule has 5 rings (SSSR count). The fourth-order valence-electron chi connectivity index (χ4n) is 7.00. The first-order valence-corrected chi connectivity index (χ1v) is 14.9. The molecule has 3 amide bonds. The van der Waals surface area contributed by atoms with E-state index in [0.29, 0.717) is 48.7 Å². The Morgan fingerprint density at radius 3 is 2.02 bits per heavy atom. The third-order valence-electron chi connectivity index (χ3n) is 9.27. The number of nitrogens with zero attached hydrogens (tertiary/aromatic N) is 4. The van der Waals surface area contributed by atoms with Crippen molar-refractivity contribution in [1.82, 2.24) is 25.3 Å². The molecule has 2 aromatic carbocycles. The molecule has 10 heteroatoms. The van der Waals surface area contributed by atoms with Crippen LogP contribution < -0.4 is 10.6 Å². The van der Waals surface area contributed by atoms with Crippen LogP contribution in [0, 0.1) is 22.7 Å². The van der Waals surface area contributed by atoms with Crippen LogP contribution in [0.15, 0.2) is 36.4 Å². The van der Waals surface area contributed by atoms with Crippen LogP contribution in [-0.4, -0.2) is 98.7 Å². The number of nitriles is 1. The Labute approximate surface area is 253 Å². The molecule has 2 aromatic rings.